The summed E-state index contributed by atoms with van der Waals surface area (Å²) in [6.07, 6.45) is 0.280. The highest BCUT2D eigenvalue weighted by Gasteiger charge is 2.13. The van der Waals surface area contributed by atoms with Crippen molar-refractivity contribution in [3.8, 4) is 5.75 Å². The van der Waals surface area contributed by atoms with Gasteiger partial charge in [-0.25, -0.2) is 4.79 Å². The zero-order valence-corrected chi connectivity index (χ0v) is 15.7. The van der Waals surface area contributed by atoms with Crippen LogP contribution < -0.4 is 15.8 Å². The van der Waals surface area contributed by atoms with Gasteiger partial charge in [0.15, 0.2) is 0 Å². The molecule has 0 aliphatic carbocycles. The first-order valence-corrected chi connectivity index (χ1v) is 8.48. The summed E-state index contributed by atoms with van der Waals surface area (Å²) in [7, 11) is 1.29. The molecule has 0 bridgehead atoms. The molecule has 0 fully saturated rings. The Kier molecular flexibility index (Phi) is 6.91. The zero-order valence-electron chi connectivity index (χ0n) is 15.7. The predicted molar refractivity (Wildman–Crippen MR) is 105 cm³/mol. The molecule has 0 saturated heterocycles. The van der Waals surface area contributed by atoms with Crippen molar-refractivity contribution in [1.29, 1.82) is 0 Å². The van der Waals surface area contributed by atoms with Crippen LogP contribution in [0.1, 0.15) is 29.2 Å². The van der Waals surface area contributed by atoms with Gasteiger partial charge in [0.05, 0.1) is 19.3 Å². The summed E-state index contributed by atoms with van der Waals surface area (Å²) < 4.78 is 10.6. The number of nitrogens with two attached hydrogens (primary N) is 1. The molecule has 0 spiro atoms. The Balaban J connectivity index is 2.32. The Morgan fingerprint density at radius 3 is 2.78 bits per heavy atom. The van der Waals surface area contributed by atoms with Gasteiger partial charge in [-0.3, -0.25) is 5.32 Å². The number of carbonyl (C=O) groups is 1. The third-order valence-corrected chi connectivity index (χ3v) is 4.21. The van der Waals surface area contributed by atoms with E-state index in [1.54, 1.807) is 18.2 Å². The van der Waals surface area contributed by atoms with Crippen LogP contribution in [0.2, 0.25) is 0 Å². The predicted octanol–water partition coefficient (Wildman–Crippen LogP) is 4.71. The topological polar surface area (TPSA) is 122 Å². The van der Waals surface area contributed by atoms with Gasteiger partial charge in [-0.15, -0.1) is 0 Å². The van der Waals surface area contributed by atoms with Crippen molar-refractivity contribution in [3.05, 3.63) is 63.0 Å². The van der Waals surface area contributed by atoms with E-state index in [0.717, 1.165) is 23.1 Å². The summed E-state index contributed by atoms with van der Waals surface area (Å²) in [5.41, 5.74) is 19.4. The fraction of sp³-hybridized carbons (Fsp3) is 0.316. The van der Waals surface area contributed by atoms with E-state index in [1.807, 2.05) is 19.1 Å². The molecule has 27 heavy (non-hydrogen) atoms. The molecule has 2 rings (SSSR count). The van der Waals surface area contributed by atoms with Gasteiger partial charge in [-0.05, 0) is 48.2 Å². The van der Waals surface area contributed by atoms with Crippen LogP contribution in [0.25, 0.3) is 10.4 Å². The SMILES string of the molecule is CCc1cc(CN=[N+]=[N-])c(OCc2c(N)cccc2NC(=O)OC)cc1C. The lowest BCUT2D eigenvalue weighted by atomic mass is 10.0. The lowest BCUT2D eigenvalue weighted by molar-refractivity contribution is 0.187. The summed E-state index contributed by atoms with van der Waals surface area (Å²) in [4.78, 5) is 14.4. The van der Waals surface area contributed by atoms with Crippen LogP contribution in [-0.2, 0) is 24.3 Å². The number of azide groups is 1. The van der Waals surface area contributed by atoms with Crippen molar-refractivity contribution in [3.63, 3.8) is 0 Å². The number of benzene rings is 2. The first-order valence-electron chi connectivity index (χ1n) is 8.48. The van der Waals surface area contributed by atoms with E-state index in [9.17, 15) is 4.79 Å². The number of hydrogen-bond donors (Lipinski definition) is 2. The molecule has 2 aromatic carbocycles. The van der Waals surface area contributed by atoms with Crippen molar-refractivity contribution in [2.45, 2.75) is 33.4 Å². The highest BCUT2D eigenvalue weighted by molar-refractivity contribution is 5.86. The number of anilines is 2. The zero-order chi connectivity index (χ0) is 19.8. The molecule has 0 aromatic heterocycles. The number of carbonyl (C=O) groups excluding carboxylic acids is 1. The normalized spacial score (nSPS) is 10.0. The Morgan fingerprint density at radius 1 is 1.33 bits per heavy atom. The fourth-order valence-corrected chi connectivity index (χ4v) is 2.72. The average molecular weight is 369 g/mol. The second-order valence-electron chi connectivity index (χ2n) is 5.91. The number of nitrogens with one attached hydrogen (secondary N) is 1. The largest absolute Gasteiger partial charge is 0.488 e. The van der Waals surface area contributed by atoms with Crippen LogP contribution in [-0.4, -0.2) is 13.2 Å². The number of amides is 1. The summed E-state index contributed by atoms with van der Waals surface area (Å²) in [6.45, 7) is 4.40. The molecule has 2 aromatic rings. The molecule has 0 radical (unpaired) electrons. The van der Waals surface area contributed by atoms with E-state index in [2.05, 4.69) is 27.0 Å². The lowest BCUT2D eigenvalue weighted by Crippen LogP contribution is -2.14. The molecule has 1 amide bonds. The van der Waals surface area contributed by atoms with E-state index in [-0.39, 0.29) is 13.2 Å². The van der Waals surface area contributed by atoms with Gasteiger partial charge in [0.2, 0.25) is 0 Å². The molecule has 0 unspecified atom stereocenters. The number of hydrogen-bond acceptors (Lipinski definition) is 5. The van der Waals surface area contributed by atoms with Gasteiger partial charge >= 0.3 is 6.09 Å². The monoisotopic (exact) mass is 369 g/mol. The fourth-order valence-electron chi connectivity index (χ4n) is 2.72. The molecule has 0 atom stereocenters. The molecule has 0 saturated carbocycles. The molecule has 3 N–H and O–H groups in total. The quantitative estimate of drug-likeness (QED) is 0.317. The second kappa shape index (κ2) is 9.35. The third-order valence-electron chi connectivity index (χ3n) is 4.21. The maximum atomic E-state index is 11.5. The lowest BCUT2D eigenvalue weighted by Gasteiger charge is -2.17. The second-order valence-corrected chi connectivity index (χ2v) is 5.91. The third kappa shape index (κ3) is 5.05. The maximum absolute atomic E-state index is 11.5. The number of aryl methyl sites for hydroxylation is 2. The molecular formula is C19H23N5O3. The molecular weight excluding hydrogens is 346 g/mol. The first-order chi connectivity index (χ1) is 13.0. The van der Waals surface area contributed by atoms with Crippen molar-refractivity contribution in [2.75, 3.05) is 18.2 Å². The molecule has 8 nitrogen and oxygen atoms in total. The van der Waals surface area contributed by atoms with E-state index < -0.39 is 6.09 Å². The number of methoxy groups -OCH3 is 1. The van der Waals surface area contributed by atoms with Crippen molar-refractivity contribution < 1.29 is 14.3 Å². The number of ether oxygens (including phenoxy) is 2. The Morgan fingerprint density at radius 2 is 2.11 bits per heavy atom. The van der Waals surface area contributed by atoms with Crippen LogP contribution in [0.5, 0.6) is 5.75 Å². The van der Waals surface area contributed by atoms with Gasteiger partial charge in [-0.2, -0.15) is 0 Å². The minimum atomic E-state index is -0.589. The summed E-state index contributed by atoms with van der Waals surface area (Å²) in [5.74, 6) is 0.615. The number of rotatable bonds is 7. The van der Waals surface area contributed by atoms with Gasteiger partial charge < -0.3 is 15.2 Å². The van der Waals surface area contributed by atoms with Crippen LogP contribution in [0.15, 0.2) is 35.4 Å². The van der Waals surface area contributed by atoms with E-state index in [0.29, 0.717) is 22.7 Å². The Hall–Kier alpha value is -3.38. The summed E-state index contributed by atoms with van der Waals surface area (Å²) in [6, 6.07) is 9.10. The van der Waals surface area contributed by atoms with Gasteiger partial charge in [0, 0.05) is 21.7 Å². The molecule has 0 heterocycles. The average Bonchev–Trinajstić information content (AvgIpc) is 2.66. The van der Waals surface area contributed by atoms with E-state index in [1.165, 1.54) is 7.11 Å². The highest BCUT2D eigenvalue weighted by atomic mass is 16.5. The Bertz CT molecular complexity index is 876. The maximum Gasteiger partial charge on any atom is 0.411 e. The minimum absolute atomic E-state index is 0.139. The van der Waals surface area contributed by atoms with Crippen molar-refractivity contribution in [1.82, 2.24) is 0 Å². The standard InChI is InChI=1S/C19H23N5O3/c1-4-13-9-14(10-22-24-21)18(8-12(13)2)27-11-15-16(20)6-5-7-17(15)23-19(25)26-3/h5-9H,4,10-11,20H2,1-3H3,(H,23,25). The molecule has 0 aliphatic rings. The molecule has 8 heteroatoms. The van der Waals surface area contributed by atoms with Gasteiger partial charge in [0.1, 0.15) is 12.4 Å². The summed E-state index contributed by atoms with van der Waals surface area (Å²) in [5, 5.41) is 6.28. The van der Waals surface area contributed by atoms with Crippen LogP contribution in [0.4, 0.5) is 16.2 Å². The highest BCUT2D eigenvalue weighted by Crippen LogP contribution is 2.29. The van der Waals surface area contributed by atoms with E-state index >= 15 is 0 Å². The molecule has 0 aliphatic heterocycles. The van der Waals surface area contributed by atoms with E-state index in [4.69, 9.17) is 16.0 Å². The van der Waals surface area contributed by atoms with Gasteiger partial charge in [0.25, 0.3) is 0 Å². The van der Waals surface area contributed by atoms with Gasteiger partial charge in [-0.1, -0.05) is 24.2 Å². The number of nitrogens with zero attached hydrogens (tertiary/aromatic N) is 3. The Labute approximate surface area is 157 Å². The van der Waals surface area contributed by atoms with Crippen LogP contribution in [0.3, 0.4) is 0 Å². The first kappa shape index (κ1) is 19.9. The van der Waals surface area contributed by atoms with Crippen LogP contribution in [0, 0.1) is 6.92 Å². The number of nitrogen functional groups attached to an aromatic ring is 1. The smallest absolute Gasteiger partial charge is 0.411 e. The van der Waals surface area contributed by atoms with Crippen LogP contribution >= 0.6 is 0 Å². The van der Waals surface area contributed by atoms with Crippen molar-refractivity contribution in [2.24, 2.45) is 5.11 Å². The summed E-state index contributed by atoms with van der Waals surface area (Å²) >= 11 is 0. The molecule has 142 valence electrons. The van der Waals surface area contributed by atoms with Crippen molar-refractivity contribution >= 4 is 17.5 Å². The minimum Gasteiger partial charge on any atom is -0.488 e.